The van der Waals surface area contributed by atoms with Crippen molar-refractivity contribution in [2.75, 3.05) is 50.1 Å². The van der Waals surface area contributed by atoms with Gasteiger partial charge in [0.15, 0.2) is 0 Å². The highest BCUT2D eigenvalue weighted by molar-refractivity contribution is 5.98. The Kier molecular flexibility index (Phi) is 4.99. The molecule has 2 saturated heterocycles. The molecule has 3 aromatic rings. The molecule has 10 heteroatoms. The molecule has 0 saturated carbocycles. The number of aryl methyl sites for hydroxylation is 1. The average Bonchev–Trinajstić information content (AvgIpc) is 3.49. The van der Waals surface area contributed by atoms with Crippen molar-refractivity contribution >= 4 is 17.5 Å². The molecule has 4 heterocycles. The predicted octanol–water partition coefficient (Wildman–Crippen LogP) is 1.78. The van der Waals surface area contributed by atoms with E-state index in [0.717, 1.165) is 30.5 Å². The van der Waals surface area contributed by atoms with Gasteiger partial charge in [-0.3, -0.25) is 4.79 Å². The quantitative estimate of drug-likeness (QED) is 0.617. The lowest BCUT2D eigenvalue weighted by Gasteiger charge is -2.24. The molecule has 1 amide bonds. The highest BCUT2D eigenvalue weighted by atomic mass is 19.1. The summed E-state index contributed by atoms with van der Waals surface area (Å²) in [5.74, 6) is 2.74. The number of carbonyl (C=O) groups excluding carboxylic acids is 1. The van der Waals surface area contributed by atoms with Crippen molar-refractivity contribution in [1.82, 2.24) is 29.9 Å². The molecule has 0 spiro atoms. The Hall–Kier alpha value is -3.56. The van der Waals surface area contributed by atoms with Crippen molar-refractivity contribution in [2.24, 2.45) is 11.8 Å². The van der Waals surface area contributed by atoms with E-state index >= 15 is 0 Å². The summed E-state index contributed by atoms with van der Waals surface area (Å²) in [6.07, 6.45) is 3.01. The van der Waals surface area contributed by atoms with Crippen molar-refractivity contribution in [3.63, 3.8) is 0 Å². The van der Waals surface area contributed by atoms with Crippen LogP contribution < -0.4 is 9.80 Å². The largest absolute Gasteiger partial charge is 0.363 e. The van der Waals surface area contributed by atoms with Crippen molar-refractivity contribution < 1.29 is 9.18 Å². The van der Waals surface area contributed by atoms with E-state index in [2.05, 4.69) is 25.1 Å². The van der Waals surface area contributed by atoms with Crippen LogP contribution in [0, 0.1) is 24.6 Å². The van der Waals surface area contributed by atoms with Crippen molar-refractivity contribution in [1.29, 1.82) is 0 Å². The number of fused-ring (bicyclic) bond motifs is 1. The third kappa shape index (κ3) is 3.65. The summed E-state index contributed by atoms with van der Waals surface area (Å²) < 4.78 is 13.9. The minimum absolute atomic E-state index is 0.119. The first-order chi connectivity index (χ1) is 15.4. The molecule has 2 aliphatic heterocycles. The second-order valence-electron chi connectivity index (χ2n) is 8.64. The molecule has 5 rings (SSSR count). The monoisotopic (exact) mass is 436 g/mol. The fourth-order valence-electron chi connectivity index (χ4n) is 4.64. The van der Waals surface area contributed by atoms with E-state index in [0.29, 0.717) is 36.2 Å². The van der Waals surface area contributed by atoms with Crippen LogP contribution in [0.5, 0.6) is 0 Å². The number of hydrogen-bond donors (Lipinski definition) is 0. The van der Waals surface area contributed by atoms with Gasteiger partial charge in [0.2, 0.25) is 0 Å². The molecule has 166 valence electrons. The third-order valence-electron chi connectivity index (χ3n) is 6.19. The Bertz CT molecular complexity index is 1130. The van der Waals surface area contributed by atoms with Crippen LogP contribution in [0.4, 0.5) is 16.0 Å². The van der Waals surface area contributed by atoms with Crippen LogP contribution >= 0.6 is 0 Å². The van der Waals surface area contributed by atoms with E-state index in [1.165, 1.54) is 35.4 Å². The summed E-state index contributed by atoms with van der Waals surface area (Å²) in [6.45, 7) is 4.91. The minimum atomic E-state index is -0.431. The number of carbonyl (C=O) groups is 1. The Morgan fingerprint density at radius 1 is 1.03 bits per heavy atom. The number of halogens is 1. The van der Waals surface area contributed by atoms with Gasteiger partial charge in [0.1, 0.15) is 29.0 Å². The van der Waals surface area contributed by atoms with Gasteiger partial charge in [-0.05, 0) is 19.1 Å². The number of rotatable bonds is 4. The Labute approximate surface area is 185 Å². The number of amides is 1. The average molecular weight is 436 g/mol. The van der Waals surface area contributed by atoms with E-state index in [-0.39, 0.29) is 5.91 Å². The highest BCUT2D eigenvalue weighted by Gasteiger charge is 2.42. The molecular weight excluding hydrogens is 411 g/mol. The highest BCUT2D eigenvalue weighted by Crippen LogP contribution is 2.35. The maximum absolute atomic E-state index is 13.9. The molecule has 2 aromatic heterocycles. The standard InChI is InChI=1S/C22H25FN8O/c1-14-26-20(28(2)3)9-21(27-14)29-10-15-12-30(13-16(15)11-29)22(32)18-5-4-17(23)8-19(18)31-24-6-7-25-31/h4-9,15-16H,10-13H2,1-3H3. The van der Waals surface area contributed by atoms with E-state index in [4.69, 9.17) is 0 Å². The first-order valence-electron chi connectivity index (χ1n) is 10.6. The Morgan fingerprint density at radius 3 is 2.38 bits per heavy atom. The van der Waals surface area contributed by atoms with E-state index in [9.17, 15) is 9.18 Å². The zero-order valence-corrected chi connectivity index (χ0v) is 18.3. The second-order valence-corrected chi connectivity index (χ2v) is 8.64. The van der Waals surface area contributed by atoms with Crippen molar-refractivity contribution in [2.45, 2.75) is 6.92 Å². The van der Waals surface area contributed by atoms with Crippen LogP contribution in [0.25, 0.3) is 5.69 Å². The van der Waals surface area contributed by atoms with Gasteiger partial charge >= 0.3 is 0 Å². The number of anilines is 2. The molecule has 2 atom stereocenters. The lowest BCUT2D eigenvalue weighted by Crippen LogP contribution is -2.34. The molecule has 0 bridgehead atoms. The summed E-state index contributed by atoms with van der Waals surface area (Å²) >= 11 is 0. The third-order valence-corrected chi connectivity index (χ3v) is 6.19. The van der Waals surface area contributed by atoms with Crippen LogP contribution in [0.15, 0.2) is 36.7 Å². The summed E-state index contributed by atoms with van der Waals surface area (Å²) in [6, 6.07) is 6.13. The zero-order valence-electron chi connectivity index (χ0n) is 18.3. The summed E-state index contributed by atoms with van der Waals surface area (Å²) in [5.41, 5.74) is 0.757. The number of nitrogens with zero attached hydrogens (tertiary/aromatic N) is 8. The molecule has 0 N–H and O–H groups in total. The molecule has 2 unspecified atom stereocenters. The van der Waals surface area contributed by atoms with Gasteiger partial charge in [-0.25, -0.2) is 14.4 Å². The molecule has 32 heavy (non-hydrogen) atoms. The van der Waals surface area contributed by atoms with Gasteiger partial charge in [-0.15, -0.1) is 0 Å². The maximum Gasteiger partial charge on any atom is 0.256 e. The van der Waals surface area contributed by atoms with Gasteiger partial charge < -0.3 is 14.7 Å². The van der Waals surface area contributed by atoms with Gasteiger partial charge in [0.25, 0.3) is 5.91 Å². The normalized spacial score (nSPS) is 20.0. The molecule has 0 aliphatic carbocycles. The number of hydrogen-bond acceptors (Lipinski definition) is 7. The van der Waals surface area contributed by atoms with Crippen molar-refractivity contribution in [3.05, 3.63) is 53.9 Å². The van der Waals surface area contributed by atoms with Crippen LogP contribution in [-0.4, -0.2) is 76.0 Å². The minimum Gasteiger partial charge on any atom is -0.363 e. The Morgan fingerprint density at radius 2 is 1.72 bits per heavy atom. The van der Waals surface area contributed by atoms with Gasteiger partial charge in [0.05, 0.1) is 18.0 Å². The van der Waals surface area contributed by atoms with Gasteiger partial charge in [0, 0.05) is 64.2 Å². The number of benzene rings is 1. The van der Waals surface area contributed by atoms with Crippen LogP contribution in [0.3, 0.4) is 0 Å². The first-order valence-corrected chi connectivity index (χ1v) is 10.6. The predicted molar refractivity (Wildman–Crippen MR) is 118 cm³/mol. The summed E-state index contributed by atoms with van der Waals surface area (Å²) in [4.78, 5) is 29.8. The molecule has 1 aromatic carbocycles. The maximum atomic E-state index is 13.9. The van der Waals surface area contributed by atoms with Crippen LogP contribution in [-0.2, 0) is 0 Å². The van der Waals surface area contributed by atoms with E-state index in [1.54, 1.807) is 0 Å². The number of aromatic nitrogens is 5. The molecule has 9 nitrogen and oxygen atoms in total. The molecule has 0 radical (unpaired) electrons. The van der Waals surface area contributed by atoms with Gasteiger partial charge in [-0.2, -0.15) is 15.0 Å². The van der Waals surface area contributed by atoms with Crippen LogP contribution in [0.1, 0.15) is 16.2 Å². The van der Waals surface area contributed by atoms with E-state index in [1.807, 2.05) is 36.9 Å². The lowest BCUT2D eigenvalue weighted by atomic mass is 10.0. The second kappa shape index (κ2) is 7.85. The van der Waals surface area contributed by atoms with E-state index < -0.39 is 5.82 Å². The van der Waals surface area contributed by atoms with Gasteiger partial charge in [-0.1, -0.05) is 0 Å². The van der Waals surface area contributed by atoms with Crippen LogP contribution in [0.2, 0.25) is 0 Å². The fraction of sp³-hybridized carbons (Fsp3) is 0.409. The number of likely N-dealkylation sites (tertiary alicyclic amines) is 1. The zero-order chi connectivity index (χ0) is 22.4. The summed E-state index contributed by atoms with van der Waals surface area (Å²) in [5, 5.41) is 8.14. The summed E-state index contributed by atoms with van der Waals surface area (Å²) in [7, 11) is 3.94. The molecule has 2 fully saturated rings. The molecule has 2 aliphatic rings. The van der Waals surface area contributed by atoms with Crippen molar-refractivity contribution in [3.8, 4) is 5.69 Å². The Balaban J connectivity index is 1.32. The first kappa shape index (κ1) is 20.3. The fourth-order valence-corrected chi connectivity index (χ4v) is 4.64. The SMILES string of the molecule is Cc1nc(N(C)C)cc(N2CC3CN(C(=O)c4ccc(F)cc4-n4nccn4)CC3C2)n1. The molecular formula is C22H25FN8O. The topological polar surface area (TPSA) is 83.3 Å². The lowest BCUT2D eigenvalue weighted by molar-refractivity contribution is 0.0782. The smallest absolute Gasteiger partial charge is 0.256 e.